The summed E-state index contributed by atoms with van der Waals surface area (Å²) < 4.78 is 24.2. The van der Waals surface area contributed by atoms with Crippen molar-refractivity contribution in [3.05, 3.63) is 35.4 Å². The monoisotopic (exact) mass is 228 g/mol. The van der Waals surface area contributed by atoms with E-state index in [4.69, 9.17) is 5.11 Å². The van der Waals surface area contributed by atoms with Gasteiger partial charge in [0.25, 0.3) is 0 Å². The summed E-state index contributed by atoms with van der Waals surface area (Å²) in [6.45, 7) is 1.56. The smallest absolute Gasteiger partial charge is 0.310 e. The molecule has 0 heterocycles. The van der Waals surface area contributed by atoms with E-state index in [1.165, 1.54) is 0 Å². The minimum Gasteiger partial charge on any atom is -0.481 e. The summed E-state index contributed by atoms with van der Waals surface area (Å²) in [5, 5.41) is 8.89. The maximum Gasteiger partial charge on any atom is 0.310 e. The van der Waals surface area contributed by atoms with Crippen LogP contribution in [0.2, 0.25) is 0 Å². The van der Waals surface area contributed by atoms with E-state index >= 15 is 0 Å². The molecule has 1 atom stereocenters. The Hall–Kier alpha value is -1.45. The number of carboxylic acids is 1. The van der Waals surface area contributed by atoms with Gasteiger partial charge in [0, 0.05) is 6.42 Å². The Kier molecular flexibility index (Phi) is 4.40. The first kappa shape index (κ1) is 12.6. The Labute approximate surface area is 92.9 Å². The van der Waals surface area contributed by atoms with Crippen molar-refractivity contribution in [3.63, 3.8) is 0 Å². The lowest BCUT2D eigenvalue weighted by Crippen LogP contribution is -2.10. The van der Waals surface area contributed by atoms with Crippen LogP contribution >= 0.6 is 0 Å². The van der Waals surface area contributed by atoms with Gasteiger partial charge in [-0.3, -0.25) is 4.79 Å². The molecule has 0 aliphatic carbocycles. The minimum absolute atomic E-state index is 0.214. The highest BCUT2D eigenvalue weighted by atomic mass is 19.3. The summed E-state index contributed by atoms with van der Waals surface area (Å²) in [6.07, 6.45) is -2.37. The first-order valence-corrected chi connectivity index (χ1v) is 5.11. The Morgan fingerprint density at radius 3 is 2.56 bits per heavy atom. The molecule has 1 aromatic rings. The maximum atomic E-state index is 12.1. The molecule has 0 bridgehead atoms. The summed E-state index contributed by atoms with van der Waals surface area (Å²) in [5.41, 5.74) is 1.31. The van der Waals surface area contributed by atoms with Crippen molar-refractivity contribution in [3.8, 4) is 0 Å². The molecule has 0 amide bonds. The summed E-state index contributed by atoms with van der Waals surface area (Å²) in [6, 6.07) is 6.84. The zero-order chi connectivity index (χ0) is 12.1. The van der Waals surface area contributed by atoms with E-state index in [1.54, 1.807) is 31.2 Å². The third kappa shape index (κ3) is 3.29. The Bertz CT molecular complexity index is 364. The zero-order valence-electron chi connectivity index (χ0n) is 8.99. The summed E-state index contributed by atoms with van der Waals surface area (Å²) in [5.74, 6) is -1.60. The van der Waals surface area contributed by atoms with Gasteiger partial charge < -0.3 is 5.11 Å². The number of hydrogen-bond acceptors (Lipinski definition) is 1. The number of hydrogen-bond donors (Lipinski definition) is 1. The van der Waals surface area contributed by atoms with Gasteiger partial charge >= 0.3 is 5.97 Å². The molecular weight excluding hydrogens is 214 g/mol. The number of aliphatic carboxylic acids is 1. The van der Waals surface area contributed by atoms with E-state index in [9.17, 15) is 13.6 Å². The molecule has 0 saturated heterocycles. The molecule has 4 heteroatoms. The average Bonchev–Trinajstić information content (AvgIpc) is 2.25. The normalized spacial score (nSPS) is 12.8. The van der Waals surface area contributed by atoms with Crippen LogP contribution in [-0.2, 0) is 11.2 Å². The van der Waals surface area contributed by atoms with Crippen LogP contribution in [0.15, 0.2) is 24.3 Å². The number of carbonyl (C=O) groups is 1. The summed E-state index contributed by atoms with van der Waals surface area (Å²) in [4.78, 5) is 10.8. The zero-order valence-corrected chi connectivity index (χ0v) is 8.99. The van der Waals surface area contributed by atoms with Crippen molar-refractivity contribution < 1.29 is 18.7 Å². The van der Waals surface area contributed by atoms with Crippen molar-refractivity contribution >= 4 is 5.97 Å². The van der Waals surface area contributed by atoms with Crippen molar-refractivity contribution in [2.75, 3.05) is 0 Å². The molecule has 88 valence electrons. The molecule has 0 radical (unpaired) electrons. The standard InChI is InChI=1S/C12H14F2O2/c1-8(12(15)16)10-5-3-2-4-9(10)6-7-11(13)14/h2-5,8,11H,6-7H2,1H3,(H,15,16). The first-order valence-electron chi connectivity index (χ1n) is 5.11. The maximum absolute atomic E-state index is 12.1. The molecule has 1 unspecified atom stereocenters. The van der Waals surface area contributed by atoms with Crippen molar-refractivity contribution in [1.82, 2.24) is 0 Å². The Morgan fingerprint density at radius 1 is 1.38 bits per heavy atom. The third-order valence-electron chi connectivity index (χ3n) is 2.52. The highest BCUT2D eigenvalue weighted by Crippen LogP contribution is 2.22. The van der Waals surface area contributed by atoms with E-state index in [0.29, 0.717) is 11.1 Å². The first-order chi connectivity index (χ1) is 7.52. The predicted octanol–water partition coefficient (Wildman–Crippen LogP) is 3.07. The number of alkyl halides is 2. The van der Waals surface area contributed by atoms with Crippen LogP contribution in [0.5, 0.6) is 0 Å². The Balaban J connectivity index is 2.87. The van der Waals surface area contributed by atoms with E-state index in [0.717, 1.165) is 0 Å². The molecule has 1 rings (SSSR count). The number of rotatable bonds is 5. The summed E-state index contributed by atoms with van der Waals surface area (Å²) >= 11 is 0. The van der Waals surface area contributed by atoms with E-state index in [2.05, 4.69) is 0 Å². The molecule has 0 aromatic heterocycles. The van der Waals surface area contributed by atoms with E-state index in [-0.39, 0.29) is 12.8 Å². The van der Waals surface area contributed by atoms with Gasteiger partial charge in [0.05, 0.1) is 5.92 Å². The fourth-order valence-electron chi connectivity index (χ4n) is 1.58. The van der Waals surface area contributed by atoms with Crippen LogP contribution in [-0.4, -0.2) is 17.5 Å². The van der Waals surface area contributed by atoms with E-state index in [1.807, 2.05) is 0 Å². The molecule has 16 heavy (non-hydrogen) atoms. The van der Waals surface area contributed by atoms with Crippen molar-refractivity contribution in [2.45, 2.75) is 32.1 Å². The fourth-order valence-corrected chi connectivity index (χ4v) is 1.58. The van der Waals surface area contributed by atoms with Gasteiger partial charge in [0.15, 0.2) is 0 Å². The average molecular weight is 228 g/mol. The number of carboxylic acid groups (broad SMARTS) is 1. The second-order valence-electron chi connectivity index (χ2n) is 3.69. The third-order valence-corrected chi connectivity index (χ3v) is 2.52. The quantitative estimate of drug-likeness (QED) is 0.840. The molecule has 0 fully saturated rings. The van der Waals surface area contributed by atoms with Gasteiger partial charge in [-0.15, -0.1) is 0 Å². The van der Waals surface area contributed by atoms with Crippen LogP contribution in [0.25, 0.3) is 0 Å². The number of halogens is 2. The lowest BCUT2D eigenvalue weighted by molar-refractivity contribution is -0.138. The van der Waals surface area contributed by atoms with Gasteiger partial charge in [-0.1, -0.05) is 24.3 Å². The molecule has 0 aliphatic rings. The SMILES string of the molecule is CC(C(=O)O)c1ccccc1CCC(F)F. The summed E-state index contributed by atoms with van der Waals surface area (Å²) in [7, 11) is 0. The highest BCUT2D eigenvalue weighted by Gasteiger charge is 2.17. The second kappa shape index (κ2) is 5.58. The minimum atomic E-state index is -2.35. The lowest BCUT2D eigenvalue weighted by Gasteiger charge is -2.12. The number of aryl methyl sites for hydroxylation is 1. The van der Waals surface area contributed by atoms with Gasteiger partial charge in [-0.05, 0) is 24.5 Å². The van der Waals surface area contributed by atoms with Crippen LogP contribution in [0.4, 0.5) is 8.78 Å². The largest absolute Gasteiger partial charge is 0.481 e. The van der Waals surface area contributed by atoms with Crippen molar-refractivity contribution in [1.29, 1.82) is 0 Å². The molecule has 2 nitrogen and oxygen atoms in total. The van der Waals surface area contributed by atoms with Gasteiger partial charge in [0.1, 0.15) is 0 Å². The number of benzene rings is 1. The molecule has 1 aromatic carbocycles. The molecule has 1 N–H and O–H groups in total. The fraction of sp³-hybridized carbons (Fsp3) is 0.417. The van der Waals surface area contributed by atoms with Gasteiger partial charge in [-0.25, -0.2) is 8.78 Å². The van der Waals surface area contributed by atoms with E-state index < -0.39 is 18.3 Å². The van der Waals surface area contributed by atoms with Gasteiger partial charge in [-0.2, -0.15) is 0 Å². The molecule has 0 spiro atoms. The molecule has 0 saturated carbocycles. The van der Waals surface area contributed by atoms with Crippen LogP contribution in [0, 0.1) is 0 Å². The molecular formula is C12H14F2O2. The van der Waals surface area contributed by atoms with Crippen LogP contribution in [0.1, 0.15) is 30.4 Å². The lowest BCUT2D eigenvalue weighted by atomic mass is 9.93. The highest BCUT2D eigenvalue weighted by molar-refractivity contribution is 5.76. The van der Waals surface area contributed by atoms with Gasteiger partial charge in [0.2, 0.25) is 6.43 Å². The predicted molar refractivity (Wildman–Crippen MR) is 56.8 cm³/mol. The second-order valence-corrected chi connectivity index (χ2v) is 3.69. The van der Waals surface area contributed by atoms with Crippen molar-refractivity contribution in [2.24, 2.45) is 0 Å². The van der Waals surface area contributed by atoms with Crippen LogP contribution in [0.3, 0.4) is 0 Å². The topological polar surface area (TPSA) is 37.3 Å². The molecule has 0 aliphatic heterocycles. The van der Waals surface area contributed by atoms with Crippen LogP contribution < -0.4 is 0 Å². The Morgan fingerprint density at radius 2 is 2.00 bits per heavy atom.